The molecule has 0 aromatic rings. The van der Waals surface area contributed by atoms with Gasteiger partial charge in [0.05, 0.1) is 50.0 Å². The highest BCUT2D eigenvalue weighted by Gasteiger charge is 2.30. The molecule has 0 heterocycles. The lowest BCUT2D eigenvalue weighted by Gasteiger charge is -2.28. The molecule has 10 heteroatoms. The average Bonchev–Trinajstić information content (AvgIpc) is 2.61. The predicted molar refractivity (Wildman–Crippen MR) is 108 cm³/mol. The third-order valence-corrected chi connectivity index (χ3v) is 4.51. The summed E-state index contributed by atoms with van der Waals surface area (Å²) in [6, 6.07) is -3.03. The van der Waals surface area contributed by atoms with Gasteiger partial charge in [0.1, 0.15) is 6.10 Å². The molecule has 29 heavy (non-hydrogen) atoms. The number of nitrogens with two attached hydrogens (primary N) is 1. The van der Waals surface area contributed by atoms with Gasteiger partial charge in [-0.05, 0) is 24.7 Å². The van der Waals surface area contributed by atoms with Crippen molar-refractivity contribution in [1.29, 1.82) is 0 Å². The highest BCUT2D eigenvalue weighted by molar-refractivity contribution is 5.82. The Balaban J connectivity index is 4.75. The third-order valence-electron chi connectivity index (χ3n) is 4.51. The molecular formula is C19H39N3O7. The van der Waals surface area contributed by atoms with Crippen LogP contribution in [0.3, 0.4) is 0 Å². The van der Waals surface area contributed by atoms with Crippen LogP contribution in [0.25, 0.3) is 0 Å². The number of aliphatic hydroxyl groups is 5. The Morgan fingerprint density at radius 2 is 1.34 bits per heavy atom. The second-order valence-corrected chi connectivity index (χ2v) is 8.35. The van der Waals surface area contributed by atoms with E-state index < -0.39 is 67.9 Å². The van der Waals surface area contributed by atoms with Crippen molar-refractivity contribution in [3.63, 3.8) is 0 Å². The summed E-state index contributed by atoms with van der Waals surface area (Å²) in [5.74, 6) is -0.969. The Hall–Kier alpha value is -1.30. The van der Waals surface area contributed by atoms with Crippen LogP contribution in [0.15, 0.2) is 0 Å². The van der Waals surface area contributed by atoms with E-state index in [0.717, 1.165) is 0 Å². The monoisotopic (exact) mass is 421 g/mol. The number of hydrogen-bond donors (Lipinski definition) is 8. The molecule has 0 spiro atoms. The van der Waals surface area contributed by atoms with Gasteiger partial charge in [0, 0.05) is 0 Å². The van der Waals surface area contributed by atoms with Crippen molar-refractivity contribution in [2.24, 2.45) is 17.6 Å². The van der Waals surface area contributed by atoms with Crippen LogP contribution < -0.4 is 16.4 Å². The number of carbonyl (C=O) groups is 2. The van der Waals surface area contributed by atoms with E-state index in [4.69, 9.17) is 5.73 Å². The molecule has 0 aliphatic rings. The van der Waals surface area contributed by atoms with E-state index in [0.29, 0.717) is 6.42 Å². The second-order valence-electron chi connectivity index (χ2n) is 8.35. The van der Waals surface area contributed by atoms with Crippen molar-refractivity contribution in [2.45, 2.75) is 83.4 Å². The Bertz CT molecular complexity index is 490. The molecule has 5 unspecified atom stereocenters. The van der Waals surface area contributed by atoms with Crippen LogP contribution in [-0.4, -0.2) is 87.0 Å². The first kappa shape index (κ1) is 27.7. The molecule has 0 aromatic heterocycles. The molecule has 0 radical (unpaired) electrons. The predicted octanol–water partition coefficient (Wildman–Crippen LogP) is -2.17. The summed E-state index contributed by atoms with van der Waals surface area (Å²) in [4.78, 5) is 24.2. The van der Waals surface area contributed by atoms with Crippen LogP contribution >= 0.6 is 0 Å². The normalized spacial score (nSPS) is 18.1. The lowest BCUT2D eigenvalue weighted by molar-refractivity contribution is -0.129. The molecule has 0 rings (SSSR count). The van der Waals surface area contributed by atoms with Gasteiger partial charge in [-0.1, -0.05) is 27.7 Å². The zero-order valence-electron chi connectivity index (χ0n) is 17.8. The second kappa shape index (κ2) is 13.8. The SMILES string of the molecule is CC(C)CC(O)C(O)C(CO)NC(=O)CC(O)C(CO)NC(=O)[C@@H](N)CC(C)C. The zero-order valence-corrected chi connectivity index (χ0v) is 17.8. The van der Waals surface area contributed by atoms with Crippen molar-refractivity contribution >= 4 is 11.8 Å². The summed E-state index contributed by atoms with van der Waals surface area (Å²) in [5.41, 5.74) is 5.77. The summed E-state index contributed by atoms with van der Waals surface area (Å²) >= 11 is 0. The molecule has 9 N–H and O–H groups in total. The van der Waals surface area contributed by atoms with Gasteiger partial charge in [0.15, 0.2) is 0 Å². The summed E-state index contributed by atoms with van der Waals surface area (Å²) in [7, 11) is 0. The van der Waals surface area contributed by atoms with E-state index in [-0.39, 0.29) is 18.3 Å². The highest BCUT2D eigenvalue weighted by Crippen LogP contribution is 2.11. The molecule has 6 atom stereocenters. The standard InChI is InChI=1S/C19H39N3O7/c1-10(2)5-12(20)19(29)22-13(8-23)15(25)7-17(27)21-14(9-24)18(28)16(26)6-11(3)4/h10-16,18,23-26,28H,5-9,20H2,1-4H3,(H,21,27)(H,22,29)/t12-,13?,14?,15?,16?,18?/m0/s1. The van der Waals surface area contributed by atoms with Crippen LogP contribution in [0.2, 0.25) is 0 Å². The molecule has 172 valence electrons. The minimum absolute atomic E-state index is 0.104. The maximum atomic E-state index is 12.2. The van der Waals surface area contributed by atoms with Crippen molar-refractivity contribution < 1.29 is 35.1 Å². The largest absolute Gasteiger partial charge is 0.394 e. The molecule has 0 fully saturated rings. The van der Waals surface area contributed by atoms with Gasteiger partial charge in [0.25, 0.3) is 0 Å². The van der Waals surface area contributed by atoms with Gasteiger partial charge in [-0.2, -0.15) is 0 Å². The van der Waals surface area contributed by atoms with E-state index in [1.54, 1.807) is 0 Å². The number of carbonyl (C=O) groups excluding carboxylic acids is 2. The van der Waals surface area contributed by atoms with Crippen molar-refractivity contribution in [3.8, 4) is 0 Å². The molecular weight excluding hydrogens is 382 g/mol. The first-order chi connectivity index (χ1) is 13.4. The minimum atomic E-state index is -1.41. The molecule has 0 saturated carbocycles. The average molecular weight is 422 g/mol. The van der Waals surface area contributed by atoms with E-state index >= 15 is 0 Å². The van der Waals surface area contributed by atoms with Crippen LogP contribution in [0, 0.1) is 11.8 Å². The van der Waals surface area contributed by atoms with Gasteiger partial charge in [0.2, 0.25) is 11.8 Å². The van der Waals surface area contributed by atoms with E-state index in [1.165, 1.54) is 0 Å². The van der Waals surface area contributed by atoms with Gasteiger partial charge in [-0.25, -0.2) is 0 Å². The zero-order chi connectivity index (χ0) is 22.7. The Morgan fingerprint density at radius 1 is 0.828 bits per heavy atom. The Morgan fingerprint density at radius 3 is 1.79 bits per heavy atom. The third kappa shape index (κ3) is 10.9. The fraction of sp³-hybridized carbons (Fsp3) is 0.895. The summed E-state index contributed by atoms with van der Waals surface area (Å²) in [6.45, 7) is 6.31. The number of rotatable bonds is 14. The molecule has 0 aliphatic heterocycles. The summed E-state index contributed by atoms with van der Waals surface area (Å²) in [6.07, 6.45) is -3.71. The van der Waals surface area contributed by atoms with Crippen LogP contribution in [0.4, 0.5) is 0 Å². The van der Waals surface area contributed by atoms with Gasteiger partial charge < -0.3 is 41.9 Å². The van der Waals surface area contributed by atoms with Gasteiger partial charge in [-0.3, -0.25) is 9.59 Å². The van der Waals surface area contributed by atoms with Crippen molar-refractivity contribution in [2.75, 3.05) is 13.2 Å². The maximum Gasteiger partial charge on any atom is 0.237 e. The lowest BCUT2D eigenvalue weighted by Crippen LogP contribution is -2.54. The van der Waals surface area contributed by atoms with E-state index in [1.807, 2.05) is 27.7 Å². The van der Waals surface area contributed by atoms with Crippen LogP contribution in [0.1, 0.15) is 47.0 Å². The first-order valence-electron chi connectivity index (χ1n) is 10.0. The summed E-state index contributed by atoms with van der Waals surface area (Å²) < 4.78 is 0. The molecule has 0 saturated heterocycles. The lowest BCUT2D eigenvalue weighted by atomic mass is 9.97. The fourth-order valence-electron chi connectivity index (χ4n) is 2.90. The quantitative estimate of drug-likeness (QED) is 0.156. The molecule has 0 bridgehead atoms. The number of hydrogen-bond acceptors (Lipinski definition) is 8. The number of nitrogens with one attached hydrogen (secondary N) is 2. The summed E-state index contributed by atoms with van der Waals surface area (Å²) in [5, 5.41) is 53.9. The first-order valence-corrected chi connectivity index (χ1v) is 10.0. The molecule has 2 amide bonds. The minimum Gasteiger partial charge on any atom is -0.394 e. The molecule has 0 aromatic carbocycles. The highest BCUT2D eigenvalue weighted by atomic mass is 16.3. The van der Waals surface area contributed by atoms with E-state index in [9.17, 15) is 35.1 Å². The van der Waals surface area contributed by atoms with Crippen molar-refractivity contribution in [1.82, 2.24) is 10.6 Å². The van der Waals surface area contributed by atoms with Crippen LogP contribution in [0.5, 0.6) is 0 Å². The topological polar surface area (TPSA) is 185 Å². The maximum absolute atomic E-state index is 12.2. The number of aliphatic hydroxyl groups excluding tert-OH is 5. The number of amides is 2. The molecule has 0 aliphatic carbocycles. The smallest absolute Gasteiger partial charge is 0.237 e. The molecule has 10 nitrogen and oxygen atoms in total. The van der Waals surface area contributed by atoms with Crippen LogP contribution in [-0.2, 0) is 9.59 Å². The van der Waals surface area contributed by atoms with Gasteiger partial charge in [-0.15, -0.1) is 0 Å². The fourth-order valence-corrected chi connectivity index (χ4v) is 2.90. The Kier molecular flexibility index (Phi) is 13.2. The Labute approximate surface area is 172 Å². The van der Waals surface area contributed by atoms with E-state index in [2.05, 4.69) is 10.6 Å². The van der Waals surface area contributed by atoms with Crippen molar-refractivity contribution in [3.05, 3.63) is 0 Å². The van der Waals surface area contributed by atoms with Gasteiger partial charge >= 0.3 is 0 Å².